The third-order valence-corrected chi connectivity index (χ3v) is 4.23. The zero-order valence-electron chi connectivity index (χ0n) is 12.4. The van der Waals surface area contributed by atoms with Crippen molar-refractivity contribution in [3.05, 3.63) is 16.9 Å². The van der Waals surface area contributed by atoms with Crippen molar-refractivity contribution in [3.8, 4) is 0 Å². The highest BCUT2D eigenvalue weighted by Gasteiger charge is 2.31. The van der Waals surface area contributed by atoms with Gasteiger partial charge in [-0.3, -0.25) is 4.79 Å². The normalized spacial score (nSPS) is 21.5. The van der Waals surface area contributed by atoms with Gasteiger partial charge in [-0.15, -0.1) is 0 Å². The maximum atomic E-state index is 12.6. The Balaban J connectivity index is 1.80. The highest BCUT2D eigenvalue weighted by atomic mass is 35.5. The summed E-state index contributed by atoms with van der Waals surface area (Å²) in [5.74, 6) is -1.00. The van der Waals surface area contributed by atoms with E-state index < -0.39 is 18.0 Å². The monoisotopic (exact) mass is 340 g/mol. The number of nitrogens with zero attached hydrogens (tertiary/aromatic N) is 4. The van der Waals surface area contributed by atoms with Gasteiger partial charge in [0, 0.05) is 19.6 Å². The number of carboxylic acids is 1. The van der Waals surface area contributed by atoms with Gasteiger partial charge < -0.3 is 19.6 Å². The molecule has 1 aromatic heterocycles. The number of aromatic nitrogens is 2. The number of morpholine rings is 1. The highest BCUT2D eigenvalue weighted by Crippen LogP contribution is 2.21. The van der Waals surface area contributed by atoms with Crippen molar-refractivity contribution in [2.75, 3.05) is 37.7 Å². The molecule has 0 radical (unpaired) electrons. The Morgan fingerprint density at radius 1 is 1.30 bits per heavy atom. The van der Waals surface area contributed by atoms with Crippen LogP contribution < -0.4 is 4.90 Å². The Morgan fingerprint density at radius 3 is 2.74 bits per heavy atom. The molecule has 0 spiro atoms. The molecule has 0 aliphatic carbocycles. The number of anilines is 1. The minimum Gasteiger partial charge on any atom is -0.479 e. The predicted octanol–water partition coefficient (Wildman–Crippen LogP) is 0.656. The minimum atomic E-state index is -1.09. The SMILES string of the molecule is O=C(O)[C@@H]1CN(C(=O)c2nc(N3CCCC3)ncc2Cl)CCO1. The van der Waals surface area contributed by atoms with E-state index in [9.17, 15) is 9.59 Å². The van der Waals surface area contributed by atoms with Crippen molar-refractivity contribution in [1.82, 2.24) is 14.9 Å². The van der Waals surface area contributed by atoms with Gasteiger partial charge in [0.15, 0.2) is 11.8 Å². The van der Waals surface area contributed by atoms with E-state index in [2.05, 4.69) is 9.97 Å². The summed E-state index contributed by atoms with van der Waals surface area (Å²) in [6.45, 7) is 2.17. The largest absolute Gasteiger partial charge is 0.479 e. The molecule has 2 aliphatic rings. The molecule has 124 valence electrons. The van der Waals surface area contributed by atoms with Crippen molar-refractivity contribution in [3.63, 3.8) is 0 Å². The average molecular weight is 341 g/mol. The first-order valence-corrected chi connectivity index (χ1v) is 7.85. The summed E-state index contributed by atoms with van der Waals surface area (Å²) >= 11 is 6.08. The third-order valence-electron chi connectivity index (χ3n) is 3.95. The number of carboxylic acid groups (broad SMARTS) is 1. The number of amides is 1. The molecular weight excluding hydrogens is 324 g/mol. The van der Waals surface area contributed by atoms with Gasteiger partial charge in [-0.1, -0.05) is 11.6 Å². The third kappa shape index (κ3) is 3.37. The molecule has 9 heteroatoms. The van der Waals surface area contributed by atoms with Crippen LogP contribution in [0.3, 0.4) is 0 Å². The summed E-state index contributed by atoms with van der Waals surface area (Å²) in [5, 5.41) is 9.19. The maximum absolute atomic E-state index is 12.6. The first kappa shape index (κ1) is 15.9. The van der Waals surface area contributed by atoms with Crippen molar-refractivity contribution in [2.45, 2.75) is 18.9 Å². The Kier molecular flexibility index (Phi) is 4.63. The molecule has 1 atom stereocenters. The lowest BCUT2D eigenvalue weighted by molar-refractivity contribution is -0.154. The number of aliphatic carboxylic acids is 1. The molecule has 1 amide bonds. The van der Waals surface area contributed by atoms with Crippen molar-refractivity contribution in [1.29, 1.82) is 0 Å². The molecule has 1 aromatic rings. The maximum Gasteiger partial charge on any atom is 0.334 e. The summed E-state index contributed by atoms with van der Waals surface area (Å²) in [4.78, 5) is 35.6. The van der Waals surface area contributed by atoms with Gasteiger partial charge in [0.2, 0.25) is 5.95 Å². The standard InChI is InChI=1S/C14H17ClN4O4/c15-9-7-16-14(18-3-1-2-4-18)17-11(9)12(20)19-5-6-23-10(8-19)13(21)22/h7,10H,1-6,8H2,(H,21,22)/t10-/m0/s1. The lowest BCUT2D eigenvalue weighted by Gasteiger charge is -2.30. The van der Waals surface area contributed by atoms with Crippen LogP contribution in [-0.2, 0) is 9.53 Å². The van der Waals surface area contributed by atoms with Crippen LogP contribution in [-0.4, -0.2) is 70.7 Å². The molecule has 23 heavy (non-hydrogen) atoms. The van der Waals surface area contributed by atoms with E-state index in [4.69, 9.17) is 21.4 Å². The Hall–Kier alpha value is -1.93. The van der Waals surface area contributed by atoms with Crippen LogP contribution in [0.1, 0.15) is 23.3 Å². The first-order chi connectivity index (χ1) is 11.1. The van der Waals surface area contributed by atoms with Gasteiger partial charge in [-0.05, 0) is 12.8 Å². The number of ether oxygens (including phenoxy) is 1. The number of carbonyl (C=O) groups excluding carboxylic acids is 1. The van der Waals surface area contributed by atoms with E-state index in [0.29, 0.717) is 12.5 Å². The summed E-state index contributed by atoms with van der Waals surface area (Å²) in [5.41, 5.74) is 0.106. The van der Waals surface area contributed by atoms with E-state index in [1.807, 2.05) is 4.90 Å². The molecule has 2 saturated heterocycles. The van der Waals surface area contributed by atoms with Gasteiger partial charge in [-0.25, -0.2) is 14.8 Å². The molecule has 0 saturated carbocycles. The van der Waals surface area contributed by atoms with Crippen molar-refractivity contribution >= 4 is 29.4 Å². The minimum absolute atomic E-state index is 0.0203. The van der Waals surface area contributed by atoms with Crippen LogP contribution in [0.4, 0.5) is 5.95 Å². The molecule has 3 heterocycles. The summed E-state index contributed by atoms with van der Waals surface area (Å²) in [7, 11) is 0. The van der Waals surface area contributed by atoms with Gasteiger partial charge in [0.05, 0.1) is 24.4 Å². The Morgan fingerprint density at radius 2 is 2.04 bits per heavy atom. The number of hydrogen-bond acceptors (Lipinski definition) is 6. The van der Waals surface area contributed by atoms with E-state index in [-0.39, 0.29) is 23.9 Å². The smallest absolute Gasteiger partial charge is 0.334 e. The number of carbonyl (C=O) groups is 2. The van der Waals surface area contributed by atoms with Crippen molar-refractivity contribution in [2.24, 2.45) is 0 Å². The molecule has 2 aliphatic heterocycles. The first-order valence-electron chi connectivity index (χ1n) is 7.47. The van der Waals surface area contributed by atoms with Gasteiger partial charge >= 0.3 is 5.97 Å². The number of hydrogen-bond donors (Lipinski definition) is 1. The van der Waals surface area contributed by atoms with Crippen LogP contribution in [0.2, 0.25) is 5.02 Å². The Bertz CT molecular complexity index is 621. The second-order valence-corrected chi connectivity index (χ2v) is 5.92. The molecule has 0 unspecified atom stereocenters. The molecule has 1 N–H and O–H groups in total. The van der Waals surface area contributed by atoms with Gasteiger partial charge in [0.25, 0.3) is 5.91 Å². The summed E-state index contributed by atoms with van der Waals surface area (Å²) in [6.07, 6.45) is 2.54. The molecule has 2 fully saturated rings. The number of rotatable bonds is 3. The second kappa shape index (κ2) is 6.67. The van der Waals surface area contributed by atoms with Crippen LogP contribution in [0.5, 0.6) is 0 Å². The van der Waals surface area contributed by atoms with Crippen LogP contribution in [0, 0.1) is 0 Å². The van der Waals surface area contributed by atoms with Gasteiger partial charge in [0.1, 0.15) is 0 Å². The molecule has 3 rings (SSSR count). The lowest BCUT2D eigenvalue weighted by atomic mass is 10.2. The predicted molar refractivity (Wildman–Crippen MR) is 81.8 cm³/mol. The van der Waals surface area contributed by atoms with Crippen LogP contribution in [0.15, 0.2) is 6.20 Å². The molecule has 8 nitrogen and oxygen atoms in total. The fourth-order valence-electron chi connectivity index (χ4n) is 2.71. The van der Waals surface area contributed by atoms with E-state index in [1.54, 1.807) is 0 Å². The highest BCUT2D eigenvalue weighted by molar-refractivity contribution is 6.33. The second-order valence-electron chi connectivity index (χ2n) is 5.51. The quantitative estimate of drug-likeness (QED) is 0.863. The zero-order valence-corrected chi connectivity index (χ0v) is 13.2. The average Bonchev–Trinajstić information content (AvgIpc) is 3.09. The molecular formula is C14H17ClN4O4. The zero-order chi connectivity index (χ0) is 16.4. The number of halogens is 1. The fraction of sp³-hybridized carbons (Fsp3) is 0.571. The van der Waals surface area contributed by atoms with Crippen LogP contribution in [0.25, 0.3) is 0 Å². The summed E-state index contributed by atoms with van der Waals surface area (Å²) < 4.78 is 5.12. The molecule has 0 bridgehead atoms. The van der Waals surface area contributed by atoms with E-state index in [0.717, 1.165) is 25.9 Å². The van der Waals surface area contributed by atoms with E-state index in [1.165, 1.54) is 11.1 Å². The Labute approximate surface area is 138 Å². The van der Waals surface area contributed by atoms with Gasteiger partial charge in [-0.2, -0.15) is 0 Å². The fourth-order valence-corrected chi connectivity index (χ4v) is 2.88. The molecule has 0 aromatic carbocycles. The van der Waals surface area contributed by atoms with E-state index >= 15 is 0 Å². The van der Waals surface area contributed by atoms with Crippen LogP contribution >= 0.6 is 11.6 Å². The van der Waals surface area contributed by atoms with Crippen molar-refractivity contribution < 1.29 is 19.4 Å². The summed E-state index contributed by atoms with van der Waals surface area (Å²) in [6, 6.07) is 0. The lowest BCUT2D eigenvalue weighted by Crippen LogP contribution is -2.48. The topological polar surface area (TPSA) is 95.9 Å².